The molecule has 1 aliphatic heterocycles. The van der Waals surface area contributed by atoms with Crippen LogP contribution in [0.25, 0.3) is 0 Å². The van der Waals surface area contributed by atoms with Gasteiger partial charge in [0.15, 0.2) is 0 Å². The molecule has 0 aliphatic carbocycles. The highest BCUT2D eigenvalue weighted by Gasteiger charge is 2.09. The molecular formula is C12H17NOS. The maximum atomic E-state index is 5.32. The first-order valence-electron chi connectivity index (χ1n) is 5.43. The van der Waals surface area contributed by atoms with Crippen molar-refractivity contribution in [3.8, 4) is 0 Å². The molecule has 0 unspecified atom stereocenters. The van der Waals surface area contributed by atoms with Gasteiger partial charge in [0.1, 0.15) is 0 Å². The number of hydrogen-bond donors (Lipinski definition) is 0. The second-order valence-electron chi connectivity index (χ2n) is 3.62. The van der Waals surface area contributed by atoms with E-state index in [-0.39, 0.29) is 0 Å². The lowest BCUT2D eigenvalue weighted by atomic mass is 10.4. The van der Waals surface area contributed by atoms with Crippen LogP contribution in [0.5, 0.6) is 0 Å². The van der Waals surface area contributed by atoms with Crippen molar-refractivity contribution in [2.24, 2.45) is 0 Å². The quantitative estimate of drug-likeness (QED) is 0.725. The van der Waals surface area contributed by atoms with E-state index >= 15 is 0 Å². The van der Waals surface area contributed by atoms with Crippen molar-refractivity contribution in [1.29, 1.82) is 0 Å². The normalized spacial score (nSPS) is 17.9. The lowest BCUT2D eigenvalue weighted by Crippen LogP contribution is -2.37. The van der Waals surface area contributed by atoms with Crippen molar-refractivity contribution in [3.05, 3.63) is 30.3 Å². The fourth-order valence-electron chi connectivity index (χ4n) is 1.63. The Balaban J connectivity index is 1.66. The molecule has 0 N–H and O–H groups in total. The largest absolute Gasteiger partial charge is 0.379 e. The summed E-state index contributed by atoms with van der Waals surface area (Å²) in [6, 6.07) is 10.6. The molecular weight excluding hydrogens is 206 g/mol. The van der Waals surface area contributed by atoms with E-state index in [0.717, 1.165) is 26.3 Å². The minimum atomic E-state index is 0.899. The number of benzene rings is 1. The first-order valence-corrected chi connectivity index (χ1v) is 6.42. The molecule has 1 aromatic rings. The Hall–Kier alpha value is -0.510. The van der Waals surface area contributed by atoms with E-state index in [4.69, 9.17) is 4.74 Å². The lowest BCUT2D eigenvalue weighted by Gasteiger charge is -2.26. The monoisotopic (exact) mass is 223 g/mol. The highest BCUT2D eigenvalue weighted by molar-refractivity contribution is 7.99. The Morgan fingerprint density at radius 3 is 2.60 bits per heavy atom. The van der Waals surface area contributed by atoms with E-state index in [0.29, 0.717) is 0 Å². The zero-order chi connectivity index (χ0) is 10.3. The summed E-state index contributed by atoms with van der Waals surface area (Å²) < 4.78 is 5.32. The van der Waals surface area contributed by atoms with Gasteiger partial charge >= 0.3 is 0 Å². The molecule has 0 aromatic heterocycles. The summed E-state index contributed by atoms with van der Waals surface area (Å²) in [5.41, 5.74) is 0. The van der Waals surface area contributed by atoms with Gasteiger partial charge in [-0.25, -0.2) is 0 Å². The van der Waals surface area contributed by atoms with Crippen LogP contribution in [0.2, 0.25) is 0 Å². The van der Waals surface area contributed by atoms with Crippen LogP contribution >= 0.6 is 11.8 Å². The smallest absolute Gasteiger partial charge is 0.0594 e. The predicted octanol–water partition coefficient (Wildman–Crippen LogP) is 2.11. The van der Waals surface area contributed by atoms with Crippen LogP contribution in [-0.4, -0.2) is 43.5 Å². The van der Waals surface area contributed by atoms with E-state index in [1.807, 2.05) is 11.8 Å². The van der Waals surface area contributed by atoms with Gasteiger partial charge in [0.25, 0.3) is 0 Å². The van der Waals surface area contributed by atoms with Gasteiger partial charge in [-0.2, -0.15) is 0 Å². The zero-order valence-electron chi connectivity index (χ0n) is 8.89. The average Bonchev–Trinajstić information content (AvgIpc) is 2.32. The maximum absolute atomic E-state index is 5.32. The summed E-state index contributed by atoms with van der Waals surface area (Å²) in [6.07, 6.45) is 0. The van der Waals surface area contributed by atoms with Crippen molar-refractivity contribution >= 4 is 11.8 Å². The molecule has 1 aromatic carbocycles. The first kappa shape index (κ1) is 11.0. The minimum absolute atomic E-state index is 0.899. The van der Waals surface area contributed by atoms with E-state index in [9.17, 15) is 0 Å². The van der Waals surface area contributed by atoms with E-state index in [2.05, 4.69) is 35.2 Å². The molecule has 0 spiro atoms. The molecule has 1 fully saturated rings. The van der Waals surface area contributed by atoms with Gasteiger partial charge in [0, 0.05) is 30.3 Å². The molecule has 2 nitrogen and oxygen atoms in total. The molecule has 1 heterocycles. The molecule has 1 aliphatic rings. The van der Waals surface area contributed by atoms with Crippen molar-refractivity contribution in [2.75, 3.05) is 38.6 Å². The van der Waals surface area contributed by atoms with Gasteiger partial charge < -0.3 is 4.74 Å². The average molecular weight is 223 g/mol. The lowest BCUT2D eigenvalue weighted by molar-refractivity contribution is 0.0410. The number of nitrogens with zero attached hydrogens (tertiary/aromatic N) is 1. The Labute approximate surface area is 95.6 Å². The fraction of sp³-hybridized carbons (Fsp3) is 0.500. The Morgan fingerprint density at radius 1 is 1.13 bits per heavy atom. The van der Waals surface area contributed by atoms with Crippen molar-refractivity contribution in [2.45, 2.75) is 4.90 Å². The molecule has 1 saturated heterocycles. The number of thioether (sulfide) groups is 1. The Morgan fingerprint density at radius 2 is 1.87 bits per heavy atom. The van der Waals surface area contributed by atoms with E-state index < -0.39 is 0 Å². The van der Waals surface area contributed by atoms with Crippen LogP contribution in [-0.2, 0) is 4.74 Å². The predicted molar refractivity (Wildman–Crippen MR) is 64.4 cm³/mol. The maximum Gasteiger partial charge on any atom is 0.0594 e. The highest BCUT2D eigenvalue weighted by atomic mass is 32.2. The summed E-state index contributed by atoms with van der Waals surface area (Å²) >= 11 is 1.93. The van der Waals surface area contributed by atoms with Gasteiger partial charge in [-0.1, -0.05) is 18.2 Å². The molecule has 0 radical (unpaired) electrons. The topological polar surface area (TPSA) is 12.5 Å². The van der Waals surface area contributed by atoms with Crippen LogP contribution in [0.1, 0.15) is 0 Å². The van der Waals surface area contributed by atoms with E-state index in [1.165, 1.54) is 17.2 Å². The van der Waals surface area contributed by atoms with Crippen molar-refractivity contribution < 1.29 is 4.74 Å². The Bertz CT molecular complexity index is 272. The third-order valence-electron chi connectivity index (χ3n) is 2.52. The van der Waals surface area contributed by atoms with E-state index in [1.54, 1.807) is 0 Å². The standard InChI is InChI=1S/C12H17NOS/c1-2-4-12(5-3-1)15-11-8-13-6-9-14-10-7-13/h1-5H,6-11H2. The number of hydrogen-bond acceptors (Lipinski definition) is 3. The molecule has 2 rings (SSSR count). The second-order valence-corrected chi connectivity index (χ2v) is 4.78. The van der Waals surface area contributed by atoms with Crippen LogP contribution in [0.4, 0.5) is 0 Å². The molecule has 0 saturated carbocycles. The molecule has 0 amide bonds. The van der Waals surface area contributed by atoms with Crippen LogP contribution in [0, 0.1) is 0 Å². The number of ether oxygens (including phenoxy) is 1. The van der Waals surface area contributed by atoms with Crippen molar-refractivity contribution in [3.63, 3.8) is 0 Å². The second kappa shape index (κ2) is 6.16. The number of rotatable bonds is 4. The minimum Gasteiger partial charge on any atom is -0.379 e. The summed E-state index contributed by atoms with van der Waals surface area (Å²) in [4.78, 5) is 3.84. The Kier molecular flexibility index (Phi) is 4.51. The van der Waals surface area contributed by atoms with Crippen LogP contribution < -0.4 is 0 Å². The summed E-state index contributed by atoms with van der Waals surface area (Å²) in [5, 5.41) is 0. The van der Waals surface area contributed by atoms with Crippen molar-refractivity contribution in [1.82, 2.24) is 4.90 Å². The van der Waals surface area contributed by atoms with Gasteiger partial charge in [-0.15, -0.1) is 11.8 Å². The fourth-order valence-corrected chi connectivity index (χ4v) is 2.57. The molecule has 0 atom stereocenters. The molecule has 82 valence electrons. The van der Waals surface area contributed by atoms with Gasteiger partial charge in [-0.05, 0) is 12.1 Å². The van der Waals surface area contributed by atoms with Crippen LogP contribution in [0.3, 0.4) is 0 Å². The summed E-state index contributed by atoms with van der Waals surface area (Å²) in [5.74, 6) is 1.17. The number of morpholine rings is 1. The van der Waals surface area contributed by atoms with Gasteiger partial charge in [0.2, 0.25) is 0 Å². The highest BCUT2D eigenvalue weighted by Crippen LogP contribution is 2.16. The molecule has 3 heteroatoms. The molecule has 15 heavy (non-hydrogen) atoms. The zero-order valence-corrected chi connectivity index (χ0v) is 9.71. The molecule has 0 bridgehead atoms. The SMILES string of the molecule is c1ccc(SCCN2CCOCC2)cc1. The third-order valence-corrected chi connectivity index (χ3v) is 3.52. The van der Waals surface area contributed by atoms with Crippen LogP contribution in [0.15, 0.2) is 35.2 Å². The third kappa shape index (κ3) is 3.86. The van der Waals surface area contributed by atoms with Gasteiger partial charge in [-0.3, -0.25) is 4.90 Å². The summed E-state index contributed by atoms with van der Waals surface area (Å²) in [7, 11) is 0. The first-order chi connectivity index (χ1) is 7.45. The van der Waals surface area contributed by atoms with Gasteiger partial charge in [0.05, 0.1) is 13.2 Å². The summed E-state index contributed by atoms with van der Waals surface area (Å²) in [6.45, 7) is 5.15.